The standard InChI is InChI=1S/C18H19N3O3S/c1-12(18-20-14-8-4-5-9-15(14)21-18)19-17(22)11-13-7-3-6-10-16(13)25(2,23)24/h3-10,12H,11H2,1-2H3,(H,19,22)(H,20,21). The molecular weight excluding hydrogens is 338 g/mol. The predicted molar refractivity (Wildman–Crippen MR) is 95.9 cm³/mol. The van der Waals surface area contributed by atoms with E-state index in [9.17, 15) is 13.2 Å². The summed E-state index contributed by atoms with van der Waals surface area (Å²) in [5.41, 5.74) is 2.22. The van der Waals surface area contributed by atoms with Crippen molar-refractivity contribution in [2.75, 3.05) is 6.26 Å². The van der Waals surface area contributed by atoms with Gasteiger partial charge in [-0.15, -0.1) is 0 Å². The normalized spacial score (nSPS) is 12.9. The molecule has 0 saturated carbocycles. The average Bonchev–Trinajstić information content (AvgIpc) is 2.98. The number of para-hydroxylation sites is 2. The van der Waals surface area contributed by atoms with Gasteiger partial charge in [0.1, 0.15) is 5.82 Å². The number of H-pyrrole nitrogens is 1. The van der Waals surface area contributed by atoms with E-state index in [0.29, 0.717) is 11.4 Å². The number of amides is 1. The first-order valence-corrected chi connectivity index (χ1v) is 9.75. The molecule has 3 rings (SSSR count). The van der Waals surface area contributed by atoms with E-state index >= 15 is 0 Å². The second-order valence-corrected chi connectivity index (χ2v) is 7.97. The summed E-state index contributed by atoms with van der Waals surface area (Å²) in [6.45, 7) is 1.83. The van der Waals surface area contributed by atoms with E-state index in [0.717, 1.165) is 17.3 Å². The highest BCUT2D eigenvalue weighted by Crippen LogP contribution is 2.18. The monoisotopic (exact) mass is 357 g/mol. The molecular formula is C18H19N3O3S. The summed E-state index contributed by atoms with van der Waals surface area (Å²) in [4.78, 5) is 20.2. The summed E-state index contributed by atoms with van der Waals surface area (Å²) in [5.74, 6) is 0.398. The van der Waals surface area contributed by atoms with Crippen LogP contribution in [0, 0.1) is 0 Å². The average molecular weight is 357 g/mol. The molecule has 0 aliphatic carbocycles. The molecule has 3 aromatic rings. The molecule has 1 atom stereocenters. The van der Waals surface area contributed by atoms with Crippen molar-refractivity contribution in [1.82, 2.24) is 15.3 Å². The Hall–Kier alpha value is -2.67. The number of hydrogen-bond donors (Lipinski definition) is 2. The molecule has 0 fully saturated rings. The Kier molecular flexibility index (Phi) is 4.59. The number of imidazole rings is 1. The number of sulfone groups is 1. The number of benzene rings is 2. The van der Waals surface area contributed by atoms with E-state index in [-0.39, 0.29) is 23.3 Å². The lowest BCUT2D eigenvalue weighted by Crippen LogP contribution is -2.29. The Balaban J connectivity index is 1.75. The number of fused-ring (bicyclic) bond motifs is 1. The molecule has 0 radical (unpaired) electrons. The molecule has 1 unspecified atom stereocenters. The van der Waals surface area contributed by atoms with Crippen molar-refractivity contribution < 1.29 is 13.2 Å². The molecule has 2 aromatic carbocycles. The fraction of sp³-hybridized carbons (Fsp3) is 0.222. The van der Waals surface area contributed by atoms with Crippen LogP contribution >= 0.6 is 0 Å². The quantitative estimate of drug-likeness (QED) is 0.733. The molecule has 1 aromatic heterocycles. The van der Waals surface area contributed by atoms with E-state index in [2.05, 4.69) is 15.3 Å². The lowest BCUT2D eigenvalue weighted by Gasteiger charge is -2.13. The van der Waals surface area contributed by atoms with Gasteiger partial charge in [-0.25, -0.2) is 13.4 Å². The Morgan fingerprint density at radius 2 is 1.84 bits per heavy atom. The van der Waals surface area contributed by atoms with Gasteiger partial charge in [0.05, 0.1) is 28.4 Å². The molecule has 0 bridgehead atoms. The van der Waals surface area contributed by atoms with Crippen LogP contribution in [0.2, 0.25) is 0 Å². The van der Waals surface area contributed by atoms with Crippen LogP contribution in [-0.2, 0) is 21.1 Å². The number of rotatable bonds is 5. The van der Waals surface area contributed by atoms with Crippen LogP contribution < -0.4 is 5.32 Å². The SMILES string of the molecule is CC(NC(=O)Cc1ccccc1S(C)(=O)=O)c1nc2ccccc2[nH]1. The van der Waals surface area contributed by atoms with Crippen molar-refractivity contribution >= 4 is 26.8 Å². The first kappa shape index (κ1) is 17.2. The van der Waals surface area contributed by atoms with E-state index in [1.165, 1.54) is 6.07 Å². The number of hydrogen-bond acceptors (Lipinski definition) is 4. The van der Waals surface area contributed by atoms with Crippen LogP contribution in [0.25, 0.3) is 11.0 Å². The molecule has 1 heterocycles. The highest BCUT2D eigenvalue weighted by molar-refractivity contribution is 7.90. The summed E-state index contributed by atoms with van der Waals surface area (Å²) >= 11 is 0. The number of nitrogens with one attached hydrogen (secondary N) is 2. The van der Waals surface area contributed by atoms with Crippen molar-refractivity contribution in [3.63, 3.8) is 0 Å². The van der Waals surface area contributed by atoms with Crippen LogP contribution in [0.1, 0.15) is 24.4 Å². The molecule has 7 heteroatoms. The predicted octanol–water partition coefficient (Wildman–Crippen LogP) is 2.39. The van der Waals surface area contributed by atoms with Crippen LogP contribution in [-0.4, -0.2) is 30.5 Å². The Labute approximate surface area is 146 Å². The summed E-state index contributed by atoms with van der Waals surface area (Å²) in [6, 6.07) is 13.9. The van der Waals surface area contributed by atoms with Crippen LogP contribution in [0.5, 0.6) is 0 Å². The minimum Gasteiger partial charge on any atom is -0.346 e. The topological polar surface area (TPSA) is 91.9 Å². The van der Waals surface area contributed by atoms with E-state index in [1.54, 1.807) is 18.2 Å². The fourth-order valence-corrected chi connectivity index (χ4v) is 3.67. The van der Waals surface area contributed by atoms with Crippen molar-refractivity contribution in [2.45, 2.75) is 24.3 Å². The van der Waals surface area contributed by atoms with Crippen molar-refractivity contribution in [3.05, 3.63) is 59.9 Å². The molecule has 0 aliphatic heterocycles. The molecule has 6 nitrogen and oxygen atoms in total. The summed E-state index contributed by atoms with van der Waals surface area (Å²) < 4.78 is 23.7. The van der Waals surface area contributed by atoms with E-state index < -0.39 is 9.84 Å². The third-order valence-corrected chi connectivity index (χ3v) is 5.12. The van der Waals surface area contributed by atoms with Gasteiger partial charge in [-0.05, 0) is 30.7 Å². The molecule has 0 aliphatic rings. The largest absolute Gasteiger partial charge is 0.346 e. The van der Waals surface area contributed by atoms with Gasteiger partial charge in [-0.3, -0.25) is 4.79 Å². The maximum absolute atomic E-state index is 12.3. The van der Waals surface area contributed by atoms with E-state index in [4.69, 9.17) is 0 Å². The zero-order chi connectivity index (χ0) is 18.0. The minimum atomic E-state index is -3.38. The van der Waals surface area contributed by atoms with Gasteiger partial charge < -0.3 is 10.3 Å². The number of nitrogens with zero attached hydrogens (tertiary/aromatic N) is 1. The second-order valence-electron chi connectivity index (χ2n) is 5.99. The summed E-state index contributed by atoms with van der Waals surface area (Å²) in [7, 11) is -3.38. The van der Waals surface area contributed by atoms with Gasteiger partial charge in [0.2, 0.25) is 5.91 Å². The smallest absolute Gasteiger partial charge is 0.225 e. The van der Waals surface area contributed by atoms with Gasteiger partial charge in [-0.1, -0.05) is 30.3 Å². The number of aromatic nitrogens is 2. The van der Waals surface area contributed by atoms with Gasteiger partial charge >= 0.3 is 0 Å². The molecule has 2 N–H and O–H groups in total. The highest BCUT2D eigenvalue weighted by atomic mass is 32.2. The van der Waals surface area contributed by atoms with Gasteiger partial charge in [0.25, 0.3) is 0 Å². The Morgan fingerprint density at radius 1 is 1.16 bits per heavy atom. The Morgan fingerprint density at radius 3 is 2.56 bits per heavy atom. The Bertz CT molecular complexity index is 992. The highest BCUT2D eigenvalue weighted by Gasteiger charge is 2.17. The summed E-state index contributed by atoms with van der Waals surface area (Å²) in [6.07, 6.45) is 1.13. The lowest BCUT2D eigenvalue weighted by molar-refractivity contribution is -0.121. The number of carbonyl (C=O) groups is 1. The molecule has 0 saturated heterocycles. The number of aromatic amines is 1. The maximum Gasteiger partial charge on any atom is 0.225 e. The van der Waals surface area contributed by atoms with Crippen molar-refractivity contribution in [3.8, 4) is 0 Å². The molecule has 130 valence electrons. The maximum atomic E-state index is 12.3. The lowest BCUT2D eigenvalue weighted by atomic mass is 10.1. The van der Waals surface area contributed by atoms with Crippen LogP contribution in [0.3, 0.4) is 0 Å². The van der Waals surface area contributed by atoms with Gasteiger partial charge in [-0.2, -0.15) is 0 Å². The third kappa shape index (κ3) is 3.88. The molecule has 1 amide bonds. The molecule has 25 heavy (non-hydrogen) atoms. The van der Waals surface area contributed by atoms with Crippen LogP contribution in [0.4, 0.5) is 0 Å². The fourth-order valence-electron chi connectivity index (χ4n) is 2.72. The summed E-state index contributed by atoms with van der Waals surface area (Å²) in [5, 5.41) is 2.86. The zero-order valence-electron chi connectivity index (χ0n) is 14.0. The third-order valence-electron chi connectivity index (χ3n) is 3.92. The second kappa shape index (κ2) is 6.68. The van der Waals surface area contributed by atoms with Crippen molar-refractivity contribution in [2.24, 2.45) is 0 Å². The zero-order valence-corrected chi connectivity index (χ0v) is 14.8. The first-order chi connectivity index (χ1) is 11.8. The molecule has 0 spiro atoms. The van der Waals surface area contributed by atoms with Crippen molar-refractivity contribution in [1.29, 1.82) is 0 Å². The van der Waals surface area contributed by atoms with Crippen LogP contribution in [0.15, 0.2) is 53.4 Å². The van der Waals surface area contributed by atoms with Gasteiger partial charge in [0, 0.05) is 6.26 Å². The van der Waals surface area contributed by atoms with Gasteiger partial charge in [0.15, 0.2) is 9.84 Å². The van der Waals surface area contributed by atoms with E-state index in [1.807, 2.05) is 31.2 Å². The minimum absolute atomic E-state index is 0.00614. The number of carbonyl (C=O) groups excluding carboxylic acids is 1. The first-order valence-electron chi connectivity index (χ1n) is 7.86.